The average Bonchev–Trinajstić information content (AvgIpc) is 2.88. The van der Waals surface area contributed by atoms with Crippen molar-refractivity contribution >= 4 is 37.2 Å². The summed E-state index contributed by atoms with van der Waals surface area (Å²) < 4.78 is 21.8. The van der Waals surface area contributed by atoms with Gasteiger partial charge in [0.25, 0.3) is 0 Å². The van der Waals surface area contributed by atoms with E-state index in [1.54, 1.807) is 13.8 Å². The quantitative estimate of drug-likeness (QED) is 0.183. The van der Waals surface area contributed by atoms with Crippen LogP contribution < -0.4 is 9.47 Å². The number of rotatable bonds is 14. The van der Waals surface area contributed by atoms with E-state index in [4.69, 9.17) is 18.9 Å². The monoisotopic (exact) mass is 544 g/mol. The second-order valence-corrected chi connectivity index (χ2v) is 10.8. The SMILES string of the molecule is C=C(C)C(=O)OCC(S)COc1ccc(C(C)(C)c2ccc(OCC(S)COC(=O)C(=C)C)cc2)cc1. The van der Waals surface area contributed by atoms with Crippen LogP contribution in [-0.4, -0.2) is 48.9 Å². The summed E-state index contributed by atoms with van der Waals surface area (Å²) in [5.41, 5.74) is 2.71. The summed E-state index contributed by atoms with van der Waals surface area (Å²) in [7, 11) is 0. The molecule has 2 rings (SSSR count). The molecule has 0 aliphatic heterocycles. The second-order valence-electron chi connectivity index (χ2n) is 9.36. The number of ether oxygens (including phenoxy) is 4. The van der Waals surface area contributed by atoms with Crippen molar-refractivity contribution in [2.24, 2.45) is 0 Å². The lowest BCUT2D eigenvalue weighted by Crippen LogP contribution is -2.21. The molecule has 2 aromatic carbocycles. The molecular weight excluding hydrogens is 508 g/mol. The lowest BCUT2D eigenvalue weighted by Gasteiger charge is -2.26. The molecule has 0 fully saturated rings. The molecule has 2 aromatic rings. The minimum Gasteiger partial charge on any atom is -0.492 e. The van der Waals surface area contributed by atoms with Crippen LogP contribution in [0, 0.1) is 0 Å². The van der Waals surface area contributed by atoms with Gasteiger partial charge in [0, 0.05) is 16.6 Å². The molecule has 0 aromatic heterocycles. The van der Waals surface area contributed by atoms with Crippen molar-refractivity contribution in [3.63, 3.8) is 0 Å². The van der Waals surface area contributed by atoms with Crippen molar-refractivity contribution in [3.05, 3.63) is 84.0 Å². The summed E-state index contributed by atoms with van der Waals surface area (Å²) in [4.78, 5) is 23.0. The Hall–Kier alpha value is -2.84. The molecule has 0 spiro atoms. The van der Waals surface area contributed by atoms with Gasteiger partial charge in [0.05, 0.1) is 10.5 Å². The van der Waals surface area contributed by atoms with E-state index in [0.29, 0.717) is 35.9 Å². The average molecular weight is 545 g/mol. The maximum absolute atomic E-state index is 11.5. The molecule has 0 aliphatic carbocycles. The summed E-state index contributed by atoms with van der Waals surface area (Å²) in [5.74, 6) is 0.558. The van der Waals surface area contributed by atoms with Crippen molar-refractivity contribution < 1.29 is 28.5 Å². The molecule has 6 nitrogen and oxygen atoms in total. The molecule has 8 heteroatoms. The van der Waals surface area contributed by atoms with Crippen molar-refractivity contribution in [1.29, 1.82) is 0 Å². The molecule has 0 amide bonds. The zero-order valence-electron chi connectivity index (χ0n) is 21.9. The van der Waals surface area contributed by atoms with Gasteiger partial charge in [0.1, 0.15) is 37.9 Å². The van der Waals surface area contributed by atoms with E-state index in [1.807, 2.05) is 48.5 Å². The van der Waals surface area contributed by atoms with Gasteiger partial charge in [-0.25, -0.2) is 9.59 Å². The standard InChI is InChI=1S/C29H36O6S2/c1-19(2)27(30)34-17-25(36)15-32-23-11-7-21(8-12-23)29(5,6)22-9-13-24(14-10-22)33-16-26(37)18-35-28(31)20(3)4/h7-14,25-26,36-37H,1,3,15-18H2,2,4-6H3. The lowest BCUT2D eigenvalue weighted by molar-refractivity contribution is -0.139. The topological polar surface area (TPSA) is 71.1 Å². The number of hydrogen-bond donors (Lipinski definition) is 2. The first-order chi connectivity index (χ1) is 17.4. The lowest BCUT2D eigenvalue weighted by atomic mass is 9.78. The summed E-state index contributed by atoms with van der Waals surface area (Å²) in [6.07, 6.45) is 0. The van der Waals surface area contributed by atoms with Crippen LogP contribution >= 0.6 is 25.3 Å². The van der Waals surface area contributed by atoms with Gasteiger partial charge in [-0.2, -0.15) is 25.3 Å². The Balaban J connectivity index is 1.88. The van der Waals surface area contributed by atoms with E-state index < -0.39 is 11.9 Å². The summed E-state index contributed by atoms with van der Waals surface area (Å²) in [5, 5.41) is -0.492. The van der Waals surface area contributed by atoms with Crippen LogP contribution in [0.5, 0.6) is 11.5 Å². The van der Waals surface area contributed by atoms with Crippen LogP contribution in [0.15, 0.2) is 72.8 Å². The van der Waals surface area contributed by atoms with Crippen molar-refractivity contribution in [2.75, 3.05) is 26.4 Å². The van der Waals surface area contributed by atoms with Crippen molar-refractivity contribution in [3.8, 4) is 11.5 Å². The smallest absolute Gasteiger partial charge is 0.333 e. The first kappa shape index (κ1) is 30.4. The molecule has 0 saturated heterocycles. The zero-order chi connectivity index (χ0) is 27.6. The predicted molar refractivity (Wildman–Crippen MR) is 153 cm³/mol. The highest BCUT2D eigenvalue weighted by Gasteiger charge is 2.23. The predicted octanol–water partition coefficient (Wildman–Crippen LogP) is 5.61. The van der Waals surface area contributed by atoms with Gasteiger partial charge < -0.3 is 18.9 Å². The molecule has 0 saturated carbocycles. The molecule has 2 unspecified atom stereocenters. The first-order valence-electron chi connectivity index (χ1n) is 11.9. The fourth-order valence-corrected chi connectivity index (χ4v) is 3.47. The van der Waals surface area contributed by atoms with Crippen LogP contribution in [0.4, 0.5) is 0 Å². The highest BCUT2D eigenvalue weighted by Crippen LogP contribution is 2.33. The number of benzene rings is 2. The Labute approximate surface area is 230 Å². The van der Waals surface area contributed by atoms with Crippen molar-refractivity contribution in [2.45, 2.75) is 43.6 Å². The van der Waals surface area contributed by atoms with Gasteiger partial charge in [0.2, 0.25) is 0 Å². The number of carbonyl (C=O) groups is 2. The molecule has 0 radical (unpaired) electrons. The Bertz CT molecular complexity index is 991. The molecule has 0 heterocycles. The highest BCUT2D eigenvalue weighted by atomic mass is 32.1. The maximum atomic E-state index is 11.5. The third-order valence-electron chi connectivity index (χ3n) is 5.55. The molecule has 37 heavy (non-hydrogen) atoms. The van der Waals surface area contributed by atoms with E-state index >= 15 is 0 Å². The fourth-order valence-electron chi connectivity index (χ4n) is 3.17. The Kier molecular flexibility index (Phi) is 11.7. The second kappa shape index (κ2) is 14.2. The van der Waals surface area contributed by atoms with Gasteiger partial charge in [-0.05, 0) is 49.2 Å². The van der Waals surface area contributed by atoms with Gasteiger partial charge >= 0.3 is 11.9 Å². The number of hydrogen-bond acceptors (Lipinski definition) is 8. The normalized spacial score (nSPS) is 12.7. The van der Waals surface area contributed by atoms with Crippen LogP contribution in [0.2, 0.25) is 0 Å². The Morgan fingerprint density at radius 3 is 1.32 bits per heavy atom. The summed E-state index contributed by atoms with van der Waals surface area (Å²) in [6, 6.07) is 15.8. The summed E-state index contributed by atoms with van der Waals surface area (Å²) >= 11 is 8.82. The number of esters is 2. The third kappa shape index (κ3) is 9.85. The Morgan fingerprint density at radius 1 is 0.703 bits per heavy atom. The minimum atomic E-state index is -0.433. The van der Waals surface area contributed by atoms with Gasteiger partial charge in [-0.1, -0.05) is 51.3 Å². The molecule has 0 aliphatic rings. The maximum Gasteiger partial charge on any atom is 0.333 e. The molecule has 0 N–H and O–H groups in total. The van der Waals surface area contributed by atoms with Crippen LogP contribution in [0.1, 0.15) is 38.8 Å². The van der Waals surface area contributed by atoms with E-state index in [9.17, 15) is 9.59 Å². The van der Waals surface area contributed by atoms with Gasteiger partial charge in [0.15, 0.2) is 0 Å². The van der Waals surface area contributed by atoms with Crippen LogP contribution in [-0.2, 0) is 24.5 Å². The van der Waals surface area contributed by atoms with E-state index in [0.717, 1.165) is 11.1 Å². The van der Waals surface area contributed by atoms with Gasteiger partial charge in [-0.3, -0.25) is 0 Å². The Morgan fingerprint density at radius 2 is 1.03 bits per heavy atom. The fraction of sp³-hybridized carbons (Fsp3) is 0.379. The number of thiol groups is 2. The van der Waals surface area contributed by atoms with E-state index in [2.05, 4.69) is 52.3 Å². The largest absolute Gasteiger partial charge is 0.492 e. The number of carbonyl (C=O) groups excluding carboxylic acids is 2. The third-order valence-corrected chi connectivity index (χ3v) is 6.14. The summed E-state index contributed by atoms with van der Waals surface area (Å²) in [6.45, 7) is 15.5. The molecule has 2 atom stereocenters. The van der Waals surface area contributed by atoms with Crippen molar-refractivity contribution in [1.82, 2.24) is 0 Å². The van der Waals surface area contributed by atoms with Gasteiger partial charge in [-0.15, -0.1) is 0 Å². The van der Waals surface area contributed by atoms with Crippen LogP contribution in [0.3, 0.4) is 0 Å². The van der Waals surface area contributed by atoms with E-state index in [1.165, 1.54) is 0 Å². The minimum absolute atomic E-state index is 0.150. The first-order valence-corrected chi connectivity index (χ1v) is 12.9. The zero-order valence-corrected chi connectivity index (χ0v) is 23.6. The highest BCUT2D eigenvalue weighted by molar-refractivity contribution is 7.81. The van der Waals surface area contributed by atoms with E-state index in [-0.39, 0.29) is 29.1 Å². The molecular formula is C29H36O6S2. The molecule has 200 valence electrons. The van der Waals surface area contributed by atoms with Crippen LogP contribution in [0.25, 0.3) is 0 Å². The molecule has 0 bridgehead atoms.